The molecule has 0 N–H and O–H groups in total. The number of carbonyl (C=O) groups excluding carboxylic acids is 2. The van der Waals surface area contributed by atoms with Gasteiger partial charge in [0.25, 0.3) is 5.91 Å². The quantitative estimate of drug-likeness (QED) is 0.576. The smallest absolute Gasteiger partial charge is 0.264 e. The molecule has 0 aromatic heterocycles. The van der Waals surface area contributed by atoms with Crippen LogP contribution in [0.25, 0.3) is 0 Å². The molecule has 0 bridgehead atoms. The second-order valence-corrected chi connectivity index (χ2v) is 6.12. The van der Waals surface area contributed by atoms with Gasteiger partial charge in [0.1, 0.15) is 0 Å². The maximum Gasteiger partial charge on any atom is 0.264 e. The summed E-state index contributed by atoms with van der Waals surface area (Å²) < 4.78 is 5.91. The number of hydrogen-bond donors (Lipinski definition) is 0. The van der Waals surface area contributed by atoms with Crippen LogP contribution < -0.4 is 0 Å². The number of hydrogen-bond acceptors (Lipinski definition) is 3. The fraction of sp³-hybridized carbons (Fsp3) is 0.500. The molecule has 2 heterocycles. The van der Waals surface area contributed by atoms with Crippen molar-refractivity contribution in [1.82, 2.24) is 4.90 Å². The van der Waals surface area contributed by atoms with Crippen molar-refractivity contribution in [2.24, 2.45) is 0 Å². The lowest BCUT2D eigenvalue weighted by Gasteiger charge is -2.46. The van der Waals surface area contributed by atoms with Crippen molar-refractivity contribution in [2.45, 2.75) is 42.8 Å². The van der Waals surface area contributed by atoms with E-state index < -0.39 is 11.0 Å². The van der Waals surface area contributed by atoms with E-state index in [0.29, 0.717) is 6.42 Å². The summed E-state index contributed by atoms with van der Waals surface area (Å²) in [5.41, 5.74) is -0.176. The third-order valence-electron chi connectivity index (χ3n) is 5.28. The molecule has 3 atom stereocenters. The molecule has 1 saturated carbocycles. The van der Waals surface area contributed by atoms with E-state index in [9.17, 15) is 9.59 Å². The number of rotatable bonds is 1. The maximum absolute atomic E-state index is 12.7. The third kappa shape index (κ3) is 1.21. The number of likely N-dealkylation sites (tertiary alicyclic amines) is 1. The van der Waals surface area contributed by atoms with E-state index in [1.165, 1.54) is 4.90 Å². The van der Waals surface area contributed by atoms with Crippen LogP contribution in [0.15, 0.2) is 30.3 Å². The highest BCUT2D eigenvalue weighted by Crippen LogP contribution is 2.63. The molecule has 4 rings (SSSR count). The Kier molecular flexibility index (Phi) is 2.24. The van der Waals surface area contributed by atoms with Crippen LogP contribution in [0.5, 0.6) is 0 Å². The number of ether oxygens (including phenoxy) is 1. The summed E-state index contributed by atoms with van der Waals surface area (Å²) in [5, 5.41) is 0. The van der Waals surface area contributed by atoms with Crippen LogP contribution in [0.4, 0.5) is 0 Å². The highest BCUT2D eigenvalue weighted by Gasteiger charge is 2.78. The summed E-state index contributed by atoms with van der Waals surface area (Å²) in [6.07, 6.45) is 3.13. The average molecular weight is 271 g/mol. The van der Waals surface area contributed by atoms with Crippen LogP contribution in [0.2, 0.25) is 0 Å². The molecule has 1 aliphatic carbocycles. The number of carbonyl (C=O) groups is 2. The van der Waals surface area contributed by atoms with Crippen molar-refractivity contribution >= 4 is 11.8 Å². The second-order valence-electron chi connectivity index (χ2n) is 6.12. The lowest BCUT2D eigenvalue weighted by Crippen LogP contribution is -2.63. The van der Waals surface area contributed by atoms with Crippen LogP contribution in [0.1, 0.15) is 31.2 Å². The van der Waals surface area contributed by atoms with Crippen molar-refractivity contribution < 1.29 is 14.3 Å². The van der Waals surface area contributed by atoms with Crippen LogP contribution >= 0.6 is 0 Å². The summed E-state index contributed by atoms with van der Waals surface area (Å²) in [6, 6.07) is 9.95. The topological polar surface area (TPSA) is 49.9 Å². The van der Waals surface area contributed by atoms with Crippen molar-refractivity contribution in [1.29, 1.82) is 0 Å². The number of likely N-dealkylation sites (N-methyl/N-ethyl adjacent to an activating group) is 1. The molecule has 4 nitrogen and oxygen atoms in total. The minimum Gasteiger partial charge on any atom is -0.355 e. The molecule has 2 amide bonds. The summed E-state index contributed by atoms with van der Waals surface area (Å²) in [4.78, 5) is 26.2. The van der Waals surface area contributed by atoms with Gasteiger partial charge in [0, 0.05) is 18.9 Å². The second kappa shape index (κ2) is 3.70. The van der Waals surface area contributed by atoms with Gasteiger partial charge in [-0.05, 0) is 24.8 Å². The van der Waals surface area contributed by atoms with Crippen molar-refractivity contribution in [3.8, 4) is 0 Å². The van der Waals surface area contributed by atoms with Crippen LogP contribution in [0.3, 0.4) is 0 Å². The molecule has 3 fully saturated rings. The van der Waals surface area contributed by atoms with Gasteiger partial charge in [0.15, 0.2) is 5.60 Å². The van der Waals surface area contributed by atoms with Gasteiger partial charge >= 0.3 is 0 Å². The number of epoxide rings is 1. The minimum absolute atomic E-state index is 0.0143. The zero-order valence-corrected chi connectivity index (χ0v) is 11.5. The van der Waals surface area contributed by atoms with Gasteiger partial charge in [-0.15, -0.1) is 0 Å². The van der Waals surface area contributed by atoms with E-state index in [4.69, 9.17) is 4.74 Å². The normalized spacial score (nSPS) is 39.2. The van der Waals surface area contributed by atoms with E-state index in [1.54, 1.807) is 7.05 Å². The van der Waals surface area contributed by atoms with Gasteiger partial charge < -0.3 is 4.74 Å². The first-order chi connectivity index (χ1) is 9.62. The SMILES string of the molecule is CN1C(=O)CC2(c3ccccc3)CCCC3OC32C1=O. The first-order valence-corrected chi connectivity index (χ1v) is 7.16. The number of imide groups is 1. The molecule has 2 saturated heterocycles. The molecule has 3 aliphatic rings. The van der Waals surface area contributed by atoms with Gasteiger partial charge in [-0.3, -0.25) is 14.5 Å². The Hall–Kier alpha value is -1.68. The van der Waals surface area contributed by atoms with Crippen molar-refractivity contribution in [3.63, 3.8) is 0 Å². The van der Waals surface area contributed by atoms with Gasteiger partial charge in [0.05, 0.1) is 6.10 Å². The lowest BCUT2D eigenvalue weighted by atomic mass is 9.58. The Morgan fingerprint density at radius 1 is 1.25 bits per heavy atom. The molecule has 3 unspecified atom stereocenters. The summed E-state index contributed by atoms with van der Waals surface area (Å²) in [6.45, 7) is 0. The molecular weight excluding hydrogens is 254 g/mol. The molecule has 20 heavy (non-hydrogen) atoms. The Balaban J connectivity index is 1.91. The lowest BCUT2D eigenvalue weighted by molar-refractivity contribution is -0.156. The van der Waals surface area contributed by atoms with Gasteiger partial charge in [-0.25, -0.2) is 0 Å². The number of piperidine rings is 1. The van der Waals surface area contributed by atoms with Gasteiger partial charge in [0.2, 0.25) is 5.91 Å². The van der Waals surface area contributed by atoms with Crippen LogP contribution in [-0.2, 0) is 19.7 Å². The Labute approximate surface area is 117 Å². The standard InChI is InChI=1S/C16H17NO3/c1-17-13(18)10-15(11-6-3-2-4-7-11)9-5-8-12-16(15,20-12)14(17)19/h2-4,6-7,12H,5,8-10H2,1H3. The van der Waals surface area contributed by atoms with Gasteiger partial charge in [-0.1, -0.05) is 30.3 Å². The number of amides is 2. The Morgan fingerprint density at radius 2 is 2.00 bits per heavy atom. The monoisotopic (exact) mass is 271 g/mol. The molecule has 2 aliphatic heterocycles. The molecule has 0 radical (unpaired) electrons. The molecule has 4 heteroatoms. The minimum atomic E-state index is -0.782. The zero-order valence-electron chi connectivity index (χ0n) is 11.5. The largest absolute Gasteiger partial charge is 0.355 e. The maximum atomic E-state index is 12.7. The number of nitrogens with zero attached hydrogens (tertiary/aromatic N) is 1. The predicted molar refractivity (Wildman–Crippen MR) is 72.0 cm³/mol. The van der Waals surface area contributed by atoms with E-state index >= 15 is 0 Å². The summed E-state index contributed by atoms with van der Waals surface area (Å²) in [7, 11) is 1.57. The summed E-state index contributed by atoms with van der Waals surface area (Å²) >= 11 is 0. The first kappa shape index (κ1) is 12.1. The fourth-order valence-electron chi connectivity index (χ4n) is 4.22. The number of benzene rings is 1. The van der Waals surface area contributed by atoms with Crippen molar-refractivity contribution in [2.75, 3.05) is 7.05 Å². The van der Waals surface area contributed by atoms with E-state index in [1.807, 2.05) is 30.3 Å². The first-order valence-electron chi connectivity index (χ1n) is 7.16. The van der Waals surface area contributed by atoms with E-state index in [2.05, 4.69) is 0 Å². The molecular formula is C16H17NO3. The summed E-state index contributed by atoms with van der Waals surface area (Å²) in [5.74, 6) is -0.247. The average Bonchev–Trinajstić information content (AvgIpc) is 3.22. The molecule has 1 aromatic carbocycles. The molecule has 104 valence electrons. The van der Waals surface area contributed by atoms with E-state index in [-0.39, 0.29) is 17.9 Å². The van der Waals surface area contributed by atoms with E-state index in [0.717, 1.165) is 24.8 Å². The molecule has 1 aromatic rings. The molecule has 1 spiro atoms. The van der Waals surface area contributed by atoms with Crippen molar-refractivity contribution in [3.05, 3.63) is 35.9 Å². The van der Waals surface area contributed by atoms with Gasteiger partial charge in [-0.2, -0.15) is 0 Å². The highest BCUT2D eigenvalue weighted by molar-refractivity contribution is 6.06. The Morgan fingerprint density at radius 3 is 2.75 bits per heavy atom. The zero-order chi connectivity index (χ0) is 14.0. The Bertz CT molecular complexity index is 599. The highest BCUT2D eigenvalue weighted by atomic mass is 16.6. The third-order valence-corrected chi connectivity index (χ3v) is 5.28. The predicted octanol–water partition coefficient (Wildman–Crippen LogP) is 1.63. The van der Waals surface area contributed by atoms with Crippen LogP contribution in [0, 0.1) is 0 Å². The fourth-order valence-corrected chi connectivity index (χ4v) is 4.22. The van der Waals surface area contributed by atoms with Crippen LogP contribution in [-0.4, -0.2) is 35.5 Å².